The molecule has 31 heavy (non-hydrogen) atoms. The van der Waals surface area contributed by atoms with Crippen LogP contribution in [0, 0.1) is 11.6 Å². The highest BCUT2D eigenvalue weighted by molar-refractivity contribution is 5.97. The molecule has 0 saturated heterocycles. The number of aromatic nitrogens is 3. The fraction of sp³-hybridized carbons (Fsp3) is 0.333. The minimum atomic E-state index is -0.856. The molecule has 0 spiro atoms. The predicted molar refractivity (Wildman–Crippen MR) is 111 cm³/mol. The zero-order chi connectivity index (χ0) is 21.8. The maximum atomic E-state index is 13.6. The van der Waals surface area contributed by atoms with Gasteiger partial charge in [-0.3, -0.25) is 4.79 Å². The number of anilines is 1. The third-order valence-electron chi connectivity index (χ3n) is 5.25. The van der Waals surface area contributed by atoms with Gasteiger partial charge in [0.05, 0.1) is 17.7 Å². The first-order chi connectivity index (χ1) is 15.0. The van der Waals surface area contributed by atoms with Crippen molar-refractivity contribution in [3.8, 4) is 0 Å². The minimum absolute atomic E-state index is 0.116. The van der Waals surface area contributed by atoms with Crippen LogP contribution >= 0.6 is 0 Å². The SMILES string of the molecule is O=C(NCCn1nnc2cc(C(=O)NC3CCCC3)ccc21)Nc1ccc(F)cc1F. The summed E-state index contributed by atoms with van der Waals surface area (Å²) < 4.78 is 28.1. The molecule has 0 unspecified atom stereocenters. The number of rotatable bonds is 6. The summed E-state index contributed by atoms with van der Waals surface area (Å²) >= 11 is 0. The molecule has 3 N–H and O–H groups in total. The van der Waals surface area contributed by atoms with Gasteiger partial charge in [0.15, 0.2) is 0 Å². The highest BCUT2D eigenvalue weighted by Gasteiger charge is 2.18. The van der Waals surface area contributed by atoms with E-state index in [-0.39, 0.29) is 24.2 Å². The summed E-state index contributed by atoms with van der Waals surface area (Å²) in [5, 5.41) is 16.1. The van der Waals surface area contributed by atoms with Crippen LogP contribution in [0.2, 0.25) is 0 Å². The van der Waals surface area contributed by atoms with Crippen molar-refractivity contribution in [2.45, 2.75) is 38.3 Å². The number of urea groups is 1. The molecule has 1 heterocycles. The van der Waals surface area contributed by atoms with Gasteiger partial charge in [-0.25, -0.2) is 18.3 Å². The lowest BCUT2D eigenvalue weighted by atomic mass is 10.1. The largest absolute Gasteiger partial charge is 0.349 e. The van der Waals surface area contributed by atoms with Crippen LogP contribution in [-0.4, -0.2) is 39.5 Å². The summed E-state index contributed by atoms with van der Waals surface area (Å²) in [4.78, 5) is 24.4. The van der Waals surface area contributed by atoms with E-state index in [2.05, 4.69) is 26.3 Å². The van der Waals surface area contributed by atoms with E-state index in [9.17, 15) is 18.4 Å². The average molecular weight is 428 g/mol. The van der Waals surface area contributed by atoms with Crippen LogP contribution < -0.4 is 16.0 Å². The average Bonchev–Trinajstić information content (AvgIpc) is 3.40. The van der Waals surface area contributed by atoms with Crippen molar-refractivity contribution in [2.24, 2.45) is 0 Å². The standard InChI is InChI=1S/C21H22F2N6O2/c22-14-6-7-17(16(23)12-14)26-21(31)24-9-10-29-19-8-5-13(11-18(19)27-28-29)20(30)25-15-3-1-2-4-15/h5-8,11-12,15H,1-4,9-10H2,(H,25,30)(H2,24,26,31). The van der Waals surface area contributed by atoms with E-state index >= 15 is 0 Å². The van der Waals surface area contributed by atoms with Crippen LogP contribution in [0.3, 0.4) is 0 Å². The van der Waals surface area contributed by atoms with Gasteiger partial charge in [0, 0.05) is 24.2 Å². The molecule has 0 bridgehead atoms. The summed E-state index contributed by atoms with van der Waals surface area (Å²) in [6.45, 7) is 0.528. The van der Waals surface area contributed by atoms with Gasteiger partial charge in [-0.05, 0) is 43.2 Å². The van der Waals surface area contributed by atoms with E-state index in [4.69, 9.17) is 0 Å². The van der Waals surface area contributed by atoms with E-state index in [0.29, 0.717) is 23.7 Å². The number of hydrogen-bond donors (Lipinski definition) is 3. The Balaban J connectivity index is 1.32. The van der Waals surface area contributed by atoms with Gasteiger partial charge < -0.3 is 16.0 Å². The van der Waals surface area contributed by atoms with Crippen LogP contribution in [-0.2, 0) is 6.54 Å². The summed E-state index contributed by atoms with van der Waals surface area (Å²) in [5.74, 6) is -1.69. The molecule has 1 saturated carbocycles. The number of nitrogens with zero attached hydrogens (tertiary/aromatic N) is 3. The van der Waals surface area contributed by atoms with Crippen LogP contribution in [0.25, 0.3) is 11.0 Å². The lowest BCUT2D eigenvalue weighted by Gasteiger charge is -2.11. The Bertz CT molecular complexity index is 1110. The Kier molecular flexibility index (Phi) is 6.06. The molecule has 10 heteroatoms. The number of amides is 3. The number of benzene rings is 2. The predicted octanol–water partition coefficient (Wildman–Crippen LogP) is 3.20. The molecule has 4 rings (SSSR count). The van der Waals surface area contributed by atoms with E-state index in [1.807, 2.05) is 0 Å². The summed E-state index contributed by atoms with van der Waals surface area (Å²) in [5.41, 5.74) is 1.72. The second-order valence-electron chi connectivity index (χ2n) is 7.48. The molecule has 2 aromatic carbocycles. The second-order valence-corrected chi connectivity index (χ2v) is 7.48. The first kappa shape index (κ1) is 20.7. The molecule has 8 nitrogen and oxygen atoms in total. The summed E-state index contributed by atoms with van der Waals surface area (Å²) in [7, 11) is 0. The zero-order valence-corrected chi connectivity index (χ0v) is 16.7. The Labute approximate surface area is 177 Å². The highest BCUT2D eigenvalue weighted by atomic mass is 19.1. The van der Waals surface area contributed by atoms with Crippen LogP contribution in [0.4, 0.5) is 19.3 Å². The van der Waals surface area contributed by atoms with Gasteiger partial charge in [0.1, 0.15) is 17.2 Å². The maximum Gasteiger partial charge on any atom is 0.319 e. The van der Waals surface area contributed by atoms with Gasteiger partial charge in [-0.15, -0.1) is 5.10 Å². The molecular weight excluding hydrogens is 406 g/mol. The number of halogens is 2. The van der Waals surface area contributed by atoms with E-state index in [1.165, 1.54) is 0 Å². The van der Waals surface area contributed by atoms with Gasteiger partial charge in [0.2, 0.25) is 0 Å². The van der Waals surface area contributed by atoms with Crippen LogP contribution in [0.15, 0.2) is 36.4 Å². The highest BCUT2D eigenvalue weighted by Crippen LogP contribution is 2.19. The number of fused-ring (bicyclic) bond motifs is 1. The molecule has 3 amide bonds. The molecule has 1 fully saturated rings. The molecule has 0 aliphatic heterocycles. The topological polar surface area (TPSA) is 101 Å². The van der Waals surface area contributed by atoms with Gasteiger partial charge in [-0.2, -0.15) is 0 Å². The molecule has 3 aromatic rings. The number of carbonyl (C=O) groups excluding carboxylic acids is 2. The minimum Gasteiger partial charge on any atom is -0.349 e. The monoisotopic (exact) mass is 428 g/mol. The Hall–Kier alpha value is -3.56. The zero-order valence-electron chi connectivity index (χ0n) is 16.7. The van der Waals surface area contributed by atoms with E-state index in [1.54, 1.807) is 22.9 Å². The first-order valence-electron chi connectivity index (χ1n) is 10.1. The first-order valence-corrected chi connectivity index (χ1v) is 10.1. The summed E-state index contributed by atoms with van der Waals surface area (Å²) in [6, 6.07) is 7.70. The van der Waals surface area contributed by atoms with Crippen molar-refractivity contribution >= 4 is 28.7 Å². The fourth-order valence-corrected chi connectivity index (χ4v) is 3.65. The van der Waals surface area contributed by atoms with Gasteiger partial charge in [0.25, 0.3) is 5.91 Å². The number of carbonyl (C=O) groups is 2. The van der Waals surface area contributed by atoms with Crippen molar-refractivity contribution in [1.82, 2.24) is 25.6 Å². The Morgan fingerprint density at radius 3 is 2.68 bits per heavy atom. The molecule has 162 valence electrons. The normalized spacial score (nSPS) is 14.0. The molecular formula is C21H22F2N6O2. The van der Waals surface area contributed by atoms with Crippen LogP contribution in [0.5, 0.6) is 0 Å². The van der Waals surface area contributed by atoms with Crippen molar-refractivity contribution < 1.29 is 18.4 Å². The quantitative estimate of drug-likeness (QED) is 0.561. The number of nitrogens with one attached hydrogen (secondary N) is 3. The smallest absolute Gasteiger partial charge is 0.319 e. The molecule has 0 radical (unpaired) electrons. The van der Waals surface area contributed by atoms with Gasteiger partial charge in [-0.1, -0.05) is 18.1 Å². The molecule has 0 atom stereocenters. The third kappa shape index (κ3) is 4.96. The van der Waals surface area contributed by atoms with E-state index in [0.717, 1.165) is 43.3 Å². The maximum absolute atomic E-state index is 13.6. The molecule has 1 aromatic heterocycles. The lowest BCUT2D eigenvalue weighted by molar-refractivity contribution is 0.0938. The van der Waals surface area contributed by atoms with E-state index < -0.39 is 17.7 Å². The Morgan fingerprint density at radius 2 is 1.90 bits per heavy atom. The second kappa shape index (κ2) is 9.07. The fourth-order valence-electron chi connectivity index (χ4n) is 3.65. The number of hydrogen-bond acceptors (Lipinski definition) is 4. The van der Waals surface area contributed by atoms with Crippen molar-refractivity contribution in [3.05, 3.63) is 53.6 Å². The lowest BCUT2D eigenvalue weighted by Crippen LogP contribution is -2.32. The van der Waals surface area contributed by atoms with Crippen molar-refractivity contribution in [2.75, 3.05) is 11.9 Å². The Morgan fingerprint density at radius 1 is 1.10 bits per heavy atom. The summed E-state index contributed by atoms with van der Waals surface area (Å²) in [6.07, 6.45) is 4.31. The van der Waals surface area contributed by atoms with Crippen LogP contribution in [0.1, 0.15) is 36.0 Å². The van der Waals surface area contributed by atoms with Crippen molar-refractivity contribution in [3.63, 3.8) is 0 Å². The molecule has 1 aliphatic rings. The molecule has 1 aliphatic carbocycles. The van der Waals surface area contributed by atoms with Crippen molar-refractivity contribution in [1.29, 1.82) is 0 Å². The third-order valence-corrected chi connectivity index (χ3v) is 5.25. The van der Waals surface area contributed by atoms with Gasteiger partial charge >= 0.3 is 6.03 Å².